The fourth-order valence-corrected chi connectivity index (χ4v) is 1.64. The van der Waals surface area contributed by atoms with Crippen LogP contribution in [0.5, 0.6) is 0 Å². The van der Waals surface area contributed by atoms with Crippen molar-refractivity contribution in [2.45, 2.75) is 0 Å². The molecular weight excluding hydrogens is 219 g/mol. The maximum Gasteiger partial charge on any atom is 0.173 e. The number of aromatic nitrogens is 2. The van der Waals surface area contributed by atoms with Gasteiger partial charge in [0.25, 0.3) is 0 Å². The number of nitrogens with one attached hydrogen (secondary N) is 1. The first kappa shape index (κ1) is 9.84. The highest BCUT2D eigenvalue weighted by Crippen LogP contribution is 2.22. The van der Waals surface area contributed by atoms with Gasteiger partial charge in [-0.3, -0.25) is 0 Å². The molecule has 1 aromatic carbocycles. The number of H-pyrrole nitrogens is 1. The van der Waals surface area contributed by atoms with Crippen LogP contribution in [0.25, 0.3) is 22.8 Å². The van der Waals surface area contributed by atoms with Crippen molar-refractivity contribution in [2.75, 3.05) is 0 Å². The van der Waals surface area contributed by atoms with E-state index in [1.165, 1.54) is 12.1 Å². The summed E-state index contributed by atoms with van der Waals surface area (Å²) in [6.45, 7) is 0. The number of imidazole rings is 1. The van der Waals surface area contributed by atoms with E-state index >= 15 is 0 Å². The van der Waals surface area contributed by atoms with Crippen molar-refractivity contribution in [1.82, 2.24) is 9.97 Å². The fraction of sp³-hybridized carbons (Fsp3) is 0. The zero-order chi connectivity index (χ0) is 11.7. The third-order valence-corrected chi connectivity index (χ3v) is 2.49. The molecule has 0 aliphatic rings. The zero-order valence-electron chi connectivity index (χ0n) is 8.85. The summed E-state index contributed by atoms with van der Waals surface area (Å²) in [5, 5.41) is 0. The molecule has 3 rings (SSSR count). The lowest BCUT2D eigenvalue weighted by molar-refractivity contribution is 0.578. The van der Waals surface area contributed by atoms with E-state index in [-0.39, 0.29) is 5.82 Å². The molecule has 2 aromatic heterocycles. The quantitative estimate of drug-likeness (QED) is 0.729. The van der Waals surface area contributed by atoms with Gasteiger partial charge in [-0.15, -0.1) is 0 Å². The van der Waals surface area contributed by atoms with E-state index in [1.807, 2.05) is 6.07 Å². The second kappa shape index (κ2) is 3.90. The van der Waals surface area contributed by atoms with E-state index in [1.54, 1.807) is 30.7 Å². The number of aromatic amines is 1. The predicted octanol–water partition coefficient (Wildman–Crippen LogP) is 3.48. The minimum Gasteiger partial charge on any atom is -0.461 e. The van der Waals surface area contributed by atoms with Crippen molar-refractivity contribution in [1.29, 1.82) is 0 Å². The van der Waals surface area contributed by atoms with Crippen LogP contribution in [0.4, 0.5) is 4.39 Å². The molecule has 84 valence electrons. The molecule has 1 N–H and O–H groups in total. The lowest BCUT2D eigenvalue weighted by Gasteiger charge is -1.96. The largest absolute Gasteiger partial charge is 0.461 e. The van der Waals surface area contributed by atoms with Gasteiger partial charge in [-0.2, -0.15) is 0 Å². The molecule has 0 saturated heterocycles. The van der Waals surface area contributed by atoms with Crippen molar-refractivity contribution in [2.24, 2.45) is 0 Å². The van der Waals surface area contributed by atoms with Gasteiger partial charge < -0.3 is 9.40 Å². The van der Waals surface area contributed by atoms with Crippen LogP contribution in [0.1, 0.15) is 0 Å². The minimum atomic E-state index is -0.250. The van der Waals surface area contributed by atoms with Gasteiger partial charge in [-0.25, -0.2) is 9.37 Å². The topological polar surface area (TPSA) is 41.8 Å². The van der Waals surface area contributed by atoms with Gasteiger partial charge in [-0.1, -0.05) is 0 Å². The van der Waals surface area contributed by atoms with Crippen LogP contribution in [-0.2, 0) is 0 Å². The Morgan fingerprint density at radius 3 is 2.65 bits per heavy atom. The summed E-state index contributed by atoms with van der Waals surface area (Å²) in [5.41, 5.74) is 1.72. The van der Waals surface area contributed by atoms with Gasteiger partial charge in [0.1, 0.15) is 5.82 Å². The summed E-state index contributed by atoms with van der Waals surface area (Å²) in [5.74, 6) is 1.09. The molecule has 0 amide bonds. The van der Waals surface area contributed by atoms with E-state index < -0.39 is 0 Å². The van der Waals surface area contributed by atoms with Crippen molar-refractivity contribution >= 4 is 0 Å². The molecule has 0 spiro atoms. The average molecular weight is 228 g/mol. The standard InChI is InChI=1S/C13H9FN2O/c14-10-5-3-9(4-6-10)11-8-15-13(16-11)12-2-1-7-17-12/h1-8H,(H,15,16). The summed E-state index contributed by atoms with van der Waals surface area (Å²) >= 11 is 0. The lowest BCUT2D eigenvalue weighted by Crippen LogP contribution is -1.79. The van der Waals surface area contributed by atoms with Gasteiger partial charge in [-0.05, 0) is 42.0 Å². The monoisotopic (exact) mass is 228 g/mol. The molecule has 0 atom stereocenters. The Kier molecular flexibility index (Phi) is 2.26. The maximum atomic E-state index is 12.8. The maximum absolute atomic E-state index is 12.8. The minimum absolute atomic E-state index is 0.250. The Morgan fingerprint density at radius 1 is 1.12 bits per heavy atom. The molecule has 0 aliphatic heterocycles. The van der Waals surface area contributed by atoms with Crippen LogP contribution in [0.2, 0.25) is 0 Å². The van der Waals surface area contributed by atoms with Crippen molar-refractivity contribution in [3.05, 3.63) is 54.7 Å². The van der Waals surface area contributed by atoms with Crippen LogP contribution in [-0.4, -0.2) is 9.97 Å². The molecule has 2 heterocycles. The van der Waals surface area contributed by atoms with Gasteiger partial charge >= 0.3 is 0 Å². The Balaban J connectivity index is 1.98. The number of nitrogens with zero attached hydrogens (tertiary/aromatic N) is 1. The zero-order valence-corrected chi connectivity index (χ0v) is 8.85. The molecule has 4 heteroatoms. The van der Waals surface area contributed by atoms with E-state index in [2.05, 4.69) is 9.97 Å². The Labute approximate surface area is 96.9 Å². The van der Waals surface area contributed by atoms with Crippen molar-refractivity contribution in [3.8, 4) is 22.8 Å². The average Bonchev–Trinajstić information content (AvgIpc) is 3.00. The summed E-state index contributed by atoms with van der Waals surface area (Å²) in [6, 6.07) is 9.87. The molecule has 3 nitrogen and oxygen atoms in total. The van der Waals surface area contributed by atoms with E-state index in [0.29, 0.717) is 11.6 Å². The number of hydrogen-bond donors (Lipinski definition) is 1. The molecule has 0 bridgehead atoms. The first-order chi connectivity index (χ1) is 8.33. The predicted molar refractivity (Wildman–Crippen MR) is 61.7 cm³/mol. The summed E-state index contributed by atoms with van der Waals surface area (Å²) in [4.78, 5) is 7.34. The van der Waals surface area contributed by atoms with Crippen LogP contribution in [0, 0.1) is 5.82 Å². The first-order valence-electron chi connectivity index (χ1n) is 5.18. The lowest BCUT2D eigenvalue weighted by atomic mass is 10.2. The third-order valence-electron chi connectivity index (χ3n) is 2.49. The van der Waals surface area contributed by atoms with Crippen LogP contribution < -0.4 is 0 Å². The number of benzene rings is 1. The molecular formula is C13H9FN2O. The second-order valence-corrected chi connectivity index (χ2v) is 3.63. The molecule has 0 unspecified atom stereocenters. The van der Waals surface area contributed by atoms with Gasteiger partial charge in [0.2, 0.25) is 0 Å². The number of furan rings is 1. The van der Waals surface area contributed by atoms with Crippen molar-refractivity contribution < 1.29 is 8.81 Å². The van der Waals surface area contributed by atoms with Crippen LogP contribution in [0.3, 0.4) is 0 Å². The Morgan fingerprint density at radius 2 is 1.94 bits per heavy atom. The summed E-state index contributed by atoms with van der Waals surface area (Å²) in [6.07, 6.45) is 3.29. The molecule has 3 aromatic rings. The Hall–Kier alpha value is -2.36. The van der Waals surface area contributed by atoms with Crippen LogP contribution >= 0.6 is 0 Å². The Bertz CT molecular complexity index is 611. The molecule has 0 radical (unpaired) electrons. The summed E-state index contributed by atoms with van der Waals surface area (Å²) in [7, 11) is 0. The molecule has 17 heavy (non-hydrogen) atoms. The van der Waals surface area contributed by atoms with E-state index in [0.717, 1.165) is 11.3 Å². The van der Waals surface area contributed by atoms with E-state index in [4.69, 9.17) is 4.42 Å². The van der Waals surface area contributed by atoms with Crippen LogP contribution in [0.15, 0.2) is 53.3 Å². The fourth-order valence-electron chi connectivity index (χ4n) is 1.64. The highest BCUT2D eigenvalue weighted by atomic mass is 19.1. The van der Waals surface area contributed by atoms with Gasteiger partial charge in [0, 0.05) is 0 Å². The number of halogens is 1. The third kappa shape index (κ3) is 1.85. The van der Waals surface area contributed by atoms with Gasteiger partial charge in [0.15, 0.2) is 11.6 Å². The molecule has 0 saturated carbocycles. The number of rotatable bonds is 2. The highest BCUT2D eigenvalue weighted by molar-refractivity contribution is 5.62. The second-order valence-electron chi connectivity index (χ2n) is 3.63. The molecule has 0 aliphatic carbocycles. The highest BCUT2D eigenvalue weighted by Gasteiger charge is 2.07. The SMILES string of the molecule is Fc1ccc(-c2cnc(-c3ccco3)[nH]2)cc1. The van der Waals surface area contributed by atoms with Gasteiger partial charge in [0.05, 0.1) is 18.2 Å². The molecule has 0 fully saturated rings. The van der Waals surface area contributed by atoms with Crippen molar-refractivity contribution in [3.63, 3.8) is 0 Å². The first-order valence-corrected chi connectivity index (χ1v) is 5.18. The number of hydrogen-bond acceptors (Lipinski definition) is 2. The van der Waals surface area contributed by atoms with E-state index in [9.17, 15) is 4.39 Å². The smallest absolute Gasteiger partial charge is 0.173 e. The normalized spacial score (nSPS) is 10.6. The summed E-state index contributed by atoms with van der Waals surface area (Å²) < 4.78 is 18.0.